The summed E-state index contributed by atoms with van der Waals surface area (Å²) >= 11 is 10.6. The van der Waals surface area contributed by atoms with E-state index < -0.39 is 0 Å². The highest BCUT2D eigenvalue weighted by atomic mass is 79.9. The van der Waals surface area contributed by atoms with Crippen LogP contribution in [0.25, 0.3) is 0 Å². The molecule has 0 amide bonds. The van der Waals surface area contributed by atoms with Crippen molar-refractivity contribution in [1.82, 2.24) is 9.78 Å². The Labute approximate surface area is 138 Å². The van der Waals surface area contributed by atoms with Crippen molar-refractivity contribution in [3.63, 3.8) is 0 Å². The molecule has 1 heterocycles. The molecule has 2 rings (SSSR count). The van der Waals surface area contributed by atoms with Crippen LogP contribution in [0.4, 0.5) is 5.69 Å². The van der Waals surface area contributed by atoms with Gasteiger partial charge in [-0.05, 0) is 57.8 Å². The van der Waals surface area contributed by atoms with Crippen LogP contribution in [-0.4, -0.2) is 9.78 Å². The van der Waals surface area contributed by atoms with Gasteiger partial charge < -0.3 is 5.32 Å². The van der Waals surface area contributed by atoms with Crippen LogP contribution < -0.4 is 5.32 Å². The van der Waals surface area contributed by atoms with E-state index >= 15 is 0 Å². The first-order valence-electron chi connectivity index (χ1n) is 5.77. The molecule has 0 aliphatic heterocycles. The summed E-state index contributed by atoms with van der Waals surface area (Å²) in [5.41, 5.74) is 4.54. The number of nitrogens with one attached hydrogen (secondary N) is 1. The van der Waals surface area contributed by atoms with Gasteiger partial charge in [-0.1, -0.05) is 15.9 Å². The highest BCUT2D eigenvalue weighted by Gasteiger charge is 2.11. The number of halogens is 3. The van der Waals surface area contributed by atoms with Gasteiger partial charge in [-0.15, -0.1) is 0 Å². The zero-order chi connectivity index (χ0) is 14.2. The molecule has 1 aromatic heterocycles. The molecular formula is C13H14Br3N3. The van der Waals surface area contributed by atoms with Crippen LogP contribution in [0.2, 0.25) is 0 Å². The van der Waals surface area contributed by atoms with E-state index in [0.29, 0.717) is 0 Å². The average Bonchev–Trinajstić information content (AvgIpc) is 2.53. The maximum atomic E-state index is 4.43. The van der Waals surface area contributed by atoms with Crippen molar-refractivity contribution in [3.05, 3.63) is 42.5 Å². The third-order valence-electron chi connectivity index (χ3n) is 3.11. The van der Waals surface area contributed by atoms with Crippen LogP contribution in [0, 0.1) is 13.8 Å². The van der Waals surface area contributed by atoms with Crippen molar-refractivity contribution >= 4 is 53.5 Å². The molecule has 1 N–H and O–H groups in total. The van der Waals surface area contributed by atoms with Gasteiger partial charge in [-0.3, -0.25) is 4.68 Å². The number of hydrogen-bond donors (Lipinski definition) is 1. The Hall–Kier alpha value is -0.330. The second kappa shape index (κ2) is 5.97. The monoisotopic (exact) mass is 449 g/mol. The lowest BCUT2D eigenvalue weighted by atomic mass is 10.2. The Kier molecular flexibility index (Phi) is 4.74. The number of aromatic nitrogens is 2. The lowest BCUT2D eigenvalue weighted by Crippen LogP contribution is -2.03. The summed E-state index contributed by atoms with van der Waals surface area (Å²) in [4.78, 5) is 0. The molecule has 102 valence electrons. The average molecular weight is 452 g/mol. The lowest BCUT2D eigenvalue weighted by molar-refractivity contribution is 0.730. The summed E-state index contributed by atoms with van der Waals surface area (Å²) in [6.07, 6.45) is 0. The molecule has 0 spiro atoms. The zero-order valence-electron chi connectivity index (χ0n) is 10.9. The van der Waals surface area contributed by atoms with Gasteiger partial charge in [0.2, 0.25) is 0 Å². The van der Waals surface area contributed by atoms with Gasteiger partial charge in [-0.2, -0.15) is 5.10 Å². The number of nitrogens with zero attached hydrogens (tertiary/aromatic N) is 2. The second-order valence-electron chi connectivity index (χ2n) is 4.37. The molecule has 0 aliphatic rings. The van der Waals surface area contributed by atoms with Crippen LogP contribution in [-0.2, 0) is 13.6 Å². The standard InChI is InChI=1S/C13H14Br3N3/c1-7-10(8(2)19(3)18-7)6-17-13-11(15)4-9(14)5-12(13)16/h4-5,17H,6H2,1-3H3. The summed E-state index contributed by atoms with van der Waals surface area (Å²) in [7, 11) is 1.97. The van der Waals surface area contributed by atoms with Crippen LogP contribution in [0.3, 0.4) is 0 Å². The van der Waals surface area contributed by atoms with Crippen LogP contribution in [0.1, 0.15) is 17.0 Å². The molecule has 2 aromatic rings. The van der Waals surface area contributed by atoms with Crippen molar-refractivity contribution in [3.8, 4) is 0 Å². The number of benzene rings is 1. The lowest BCUT2D eigenvalue weighted by Gasteiger charge is -2.12. The molecule has 6 heteroatoms. The normalized spacial score (nSPS) is 10.8. The van der Waals surface area contributed by atoms with Crippen molar-refractivity contribution in [2.24, 2.45) is 7.05 Å². The predicted octanol–water partition coefficient (Wildman–Crippen LogP) is 4.94. The minimum Gasteiger partial charge on any atom is -0.379 e. The topological polar surface area (TPSA) is 29.9 Å². The molecular weight excluding hydrogens is 438 g/mol. The van der Waals surface area contributed by atoms with Gasteiger partial charge in [0.1, 0.15) is 0 Å². The molecule has 0 aliphatic carbocycles. The molecule has 0 radical (unpaired) electrons. The van der Waals surface area contributed by atoms with E-state index in [0.717, 1.165) is 31.3 Å². The van der Waals surface area contributed by atoms with Crippen molar-refractivity contribution < 1.29 is 0 Å². The van der Waals surface area contributed by atoms with E-state index in [1.807, 2.05) is 30.8 Å². The summed E-state index contributed by atoms with van der Waals surface area (Å²) in [5.74, 6) is 0. The first-order chi connectivity index (χ1) is 8.90. The highest BCUT2D eigenvalue weighted by Crippen LogP contribution is 2.34. The van der Waals surface area contributed by atoms with Gasteiger partial charge in [0, 0.05) is 38.3 Å². The molecule has 0 saturated heterocycles. The Bertz CT molecular complexity index is 597. The molecule has 0 unspecified atom stereocenters. The van der Waals surface area contributed by atoms with E-state index in [1.54, 1.807) is 0 Å². The van der Waals surface area contributed by atoms with Gasteiger partial charge in [0.25, 0.3) is 0 Å². The second-order valence-corrected chi connectivity index (χ2v) is 7.00. The van der Waals surface area contributed by atoms with Crippen LogP contribution in [0.15, 0.2) is 25.6 Å². The van der Waals surface area contributed by atoms with E-state index in [4.69, 9.17) is 0 Å². The SMILES string of the molecule is Cc1nn(C)c(C)c1CNc1c(Br)cc(Br)cc1Br. The maximum Gasteiger partial charge on any atom is 0.0646 e. The molecule has 19 heavy (non-hydrogen) atoms. The number of aryl methyl sites for hydroxylation is 2. The Morgan fingerprint density at radius 2 is 1.74 bits per heavy atom. The van der Waals surface area contributed by atoms with E-state index in [-0.39, 0.29) is 0 Å². The Morgan fingerprint density at radius 3 is 2.21 bits per heavy atom. The number of hydrogen-bond acceptors (Lipinski definition) is 2. The Morgan fingerprint density at radius 1 is 1.16 bits per heavy atom. The van der Waals surface area contributed by atoms with E-state index in [1.165, 1.54) is 11.3 Å². The number of rotatable bonds is 3. The fourth-order valence-corrected chi connectivity index (χ4v) is 4.50. The maximum absolute atomic E-state index is 4.43. The smallest absolute Gasteiger partial charge is 0.0646 e. The number of anilines is 1. The van der Waals surface area contributed by atoms with Crippen molar-refractivity contribution in [1.29, 1.82) is 0 Å². The van der Waals surface area contributed by atoms with Gasteiger partial charge in [-0.25, -0.2) is 0 Å². The first kappa shape index (κ1) is 15.1. The predicted molar refractivity (Wildman–Crippen MR) is 89.6 cm³/mol. The molecule has 0 fully saturated rings. The third-order valence-corrected chi connectivity index (χ3v) is 4.82. The molecule has 0 bridgehead atoms. The fraction of sp³-hybridized carbons (Fsp3) is 0.308. The third kappa shape index (κ3) is 3.23. The first-order valence-corrected chi connectivity index (χ1v) is 8.15. The molecule has 0 atom stereocenters. The minimum atomic E-state index is 0.754. The van der Waals surface area contributed by atoms with Crippen molar-refractivity contribution in [2.45, 2.75) is 20.4 Å². The van der Waals surface area contributed by atoms with Gasteiger partial charge in [0.05, 0.1) is 11.4 Å². The van der Waals surface area contributed by atoms with Crippen molar-refractivity contribution in [2.75, 3.05) is 5.32 Å². The molecule has 0 saturated carbocycles. The zero-order valence-corrected chi connectivity index (χ0v) is 15.6. The largest absolute Gasteiger partial charge is 0.379 e. The molecule has 3 nitrogen and oxygen atoms in total. The Balaban J connectivity index is 2.24. The van der Waals surface area contributed by atoms with E-state index in [2.05, 4.69) is 65.1 Å². The quantitative estimate of drug-likeness (QED) is 0.716. The summed E-state index contributed by atoms with van der Waals surface area (Å²) in [6, 6.07) is 4.05. The summed E-state index contributed by atoms with van der Waals surface area (Å²) in [6.45, 7) is 4.88. The highest BCUT2D eigenvalue weighted by molar-refractivity contribution is 9.11. The minimum absolute atomic E-state index is 0.754. The summed E-state index contributed by atoms with van der Waals surface area (Å²) < 4.78 is 4.99. The molecule has 1 aromatic carbocycles. The summed E-state index contributed by atoms with van der Waals surface area (Å²) in [5, 5.41) is 7.88. The fourth-order valence-electron chi connectivity index (χ4n) is 1.96. The van der Waals surface area contributed by atoms with Gasteiger partial charge in [0.15, 0.2) is 0 Å². The van der Waals surface area contributed by atoms with Crippen LogP contribution in [0.5, 0.6) is 0 Å². The van der Waals surface area contributed by atoms with Crippen LogP contribution >= 0.6 is 47.8 Å². The van der Waals surface area contributed by atoms with E-state index in [9.17, 15) is 0 Å². The van der Waals surface area contributed by atoms with Gasteiger partial charge >= 0.3 is 0 Å².